The molecule has 0 saturated carbocycles. The maximum absolute atomic E-state index is 10.4. The molecule has 0 radical (unpaired) electrons. The fourth-order valence-corrected chi connectivity index (χ4v) is 2.07. The van der Waals surface area contributed by atoms with Crippen LogP contribution in [0.15, 0.2) is 18.2 Å². The van der Waals surface area contributed by atoms with E-state index in [1.807, 2.05) is 26.8 Å². The van der Waals surface area contributed by atoms with Crippen molar-refractivity contribution in [3.05, 3.63) is 34.9 Å². The van der Waals surface area contributed by atoms with Crippen molar-refractivity contribution in [1.82, 2.24) is 5.32 Å². The molecule has 20 heavy (non-hydrogen) atoms. The van der Waals surface area contributed by atoms with E-state index in [0.29, 0.717) is 0 Å². The molecular formula is C17H29NO2. The minimum Gasteiger partial charge on any atom is -0.387 e. The molecule has 0 aliphatic heterocycles. The summed E-state index contributed by atoms with van der Waals surface area (Å²) in [6.45, 7) is 11.9. The highest BCUT2D eigenvalue weighted by atomic mass is 16.5. The second-order valence-corrected chi connectivity index (χ2v) is 5.80. The van der Waals surface area contributed by atoms with Crippen molar-refractivity contribution in [1.29, 1.82) is 0 Å². The number of hydrogen-bond acceptors (Lipinski definition) is 3. The molecule has 1 rings (SSSR count). The molecule has 0 heterocycles. The Bertz CT molecular complexity index is 404. The highest BCUT2D eigenvalue weighted by Crippen LogP contribution is 2.19. The lowest BCUT2D eigenvalue weighted by molar-refractivity contribution is 0.0746. The molecule has 3 heteroatoms. The van der Waals surface area contributed by atoms with Crippen molar-refractivity contribution in [2.45, 2.75) is 59.3 Å². The highest BCUT2D eigenvalue weighted by Gasteiger charge is 2.15. The summed E-state index contributed by atoms with van der Waals surface area (Å²) in [5.74, 6) is 0. The van der Waals surface area contributed by atoms with Crippen LogP contribution in [0.3, 0.4) is 0 Å². The average Bonchev–Trinajstić information content (AvgIpc) is 2.40. The highest BCUT2D eigenvalue weighted by molar-refractivity contribution is 5.31. The number of rotatable bonds is 8. The van der Waals surface area contributed by atoms with Gasteiger partial charge >= 0.3 is 0 Å². The van der Waals surface area contributed by atoms with E-state index in [2.05, 4.69) is 31.3 Å². The molecule has 2 unspecified atom stereocenters. The van der Waals surface area contributed by atoms with Gasteiger partial charge in [-0.25, -0.2) is 0 Å². The van der Waals surface area contributed by atoms with Gasteiger partial charge in [0.25, 0.3) is 0 Å². The van der Waals surface area contributed by atoms with E-state index < -0.39 is 6.10 Å². The molecule has 0 aliphatic rings. The van der Waals surface area contributed by atoms with Crippen LogP contribution in [0.1, 0.15) is 50.0 Å². The maximum Gasteiger partial charge on any atom is 0.0940 e. The molecule has 0 saturated heterocycles. The second kappa shape index (κ2) is 8.40. The summed E-state index contributed by atoms with van der Waals surface area (Å²) < 4.78 is 5.50. The first-order valence-electron chi connectivity index (χ1n) is 7.52. The summed E-state index contributed by atoms with van der Waals surface area (Å²) in [6, 6.07) is 6.18. The van der Waals surface area contributed by atoms with Gasteiger partial charge < -0.3 is 15.2 Å². The van der Waals surface area contributed by atoms with Gasteiger partial charge in [-0.05, 0) is 64.3 Å². The normalized spacial score (nSPS) is 14.6. The third-order valence-corrected chi connectivity index (χ3v) is 3.58. The molecule has 0 bridgehead atoms. The minimum absolute atomic E-state index is 0.0381. The van der Waals surface area contributed by atoms with Gasteiger partial charge in [0.05, 0.1) is 12.2 Å². The smallest absolute Gasteiger partial charge is 0.0940 e. The number of aliphatic hydroxyl groups is 1. The van der Waals surface area contributed by atoms with Crippen LogP contribution in [-0.4, -0.2) is 30.4 Å². The Hall–Kier alpha value is -0.900. The Morgan fingerprint density at radius 3 is 2.45 bits per heavy atom. The van der Waals surface area contributed by atoms with E-state index in [9.17, 15) is 5.11 Å². The third-order valence-electron chi connectivity index (χ3n) is 3.58. The summed E-state index contributed by atoms with van der Waals surface area (Å²) in [4.78, 5) is 0. The summed E-state index contributed by atoms with van der Waals surface area (Å²) >= 11 is 0. The van der Waals surface area contributed by atoms with Crippen LogP contribution in [0.25, 0.3) is 0 Å². The van der Waals surface area contributed by atoms with Gasteiger partial charge in [-0.2, -0.15) is 0 Å². The first-order valence-corrected chi connectivity index (χ1v) is 7.52. The number of aryl methyl sites for hydroxylation is 2. The van der Waals surface area contributed by atoms with Crippen LogP contribution in [0, 0.1) is 13.8 Å². The van der Waals surface area contributed by atoms with Crippen molar-refractivity contribution in [2.75, 3.05) is 13.2 Å². The number of ether oxygens (including phenoxy) is 1. The molecular weight excluding hydrogens is 250 g/mol. The summed E-state index contributed by atoms with van der Waals surface area (Å²) in [5.41, 5.74) is 3.46. The van der Waals surface area contributed by atoms with E-state index in [1.54, 1.807) is 0 Å². The van der Waals surface area contributed by atoms with E-state index in [0.717, 1.165) is 25.1 Å². The Morgan fingerprint density at radius 2 is 1.85 bits per heavy atom. The molecule has 1 aromatic rings. The van der Waals surface area contributed by atoms with Gasteiger partial charge in [-0.1, -0.05) is 18.2 Å². The van der Waals surface area contributed by atoms with Crippen molar-refractivity contribution in [3.8, 4) is 0 Å². The van der Waals surface area contributed by atoms with Crippen LogP contribution in [0.5, 0.6) is 0 Å². The minimum atomic E-state index is -0.472. The number of aliphatic hydroxyl groups excluding tert-OH is 1. The topological polar surface area (TPSA) is 41.5 Å². The number of nitrogens with one attached hydrogen (secondary N) is 1. The zero-order valence-electron chi connectivity index (χ0n) is 13.4. The zero-order chi connectivity index (χ0) is 15.1. The van der Waals surface area contributed by atoms with Crippen LogP contribution in [-0.2, 0) is 4.74 Å². The fraction of sp³-hybridized carbons (Fsp3) is 0.647. The molecule has 0 aromatic heterocycles. The molecule has 0 spiro atoms. The van der Waals surface area contributed by atoms with E-state index in [4.69, 9.17) is 4.74 Å². The first-order chi connectivity index (χ1) is 9.41. The monoisotopic (exact) mass is 279 g/mol. The zero-order valence-corrected chi connectivity index (χ0v) is 13.4. The second-order valence-electron chi connectivity index (χ2n) is 5.80. The Labute approximate surface area is 123 Å². The molecule has 2 atom stereocenters. The largest absolute Gasteiger partial charge is 0.387 e. The predicted octanol–water partition coefficient (Wildman–Crippen LogP) is 3.13. The lowest BCUT2D eigenvalue weighted by Crippen LogP contribution is -2.33. The quantitative estimate of drug-likeness (QED) is 0.718. The standard InChI is InChI=1S/C17H29NO2/c1-12(2)20-10-6-9-18-15(5)17(19)16-8-7-13(3)14(4)11-16/h7-8,11-12,15,17-19H,6,9-10H2,1-5H3. The van der Waals surface area contributed by atoms with Crippen molar-refractivity contribution in [2.24, 2.45) is 0 Å². The van der Waals surface area contributed by atoms with E-state index in [1.165, 1.54) is 11.1 Å². The molecule has 3 nitrogen and oxygen atoms in total. The lowest BCUT2D eigenvalue weighted by Gasteiger charge is -2.21. The lowest BCUT2D eigenvalue weighted by atomic mass is 9.99. The Balaban J connectivity index is 2.38. The molecule has 114 valence electrons. The summed E-state index contributed by atoms with van der Waals surface area (Å²) in [6.07, 6.45) is 0.774. The van der Waals surface area contributed by atoms with Gasteiger partial charge in [-0.15, -0.1) is 0 Å². The molecule has 0 amide bonds. The van der Waals surface area contributed by atoms with E-state index >= 15 is 0 Å². The van der Waals surface area contributed by atoms with Crippen LogP contribution in [0.2, 0.25) is 0 Å². The third kappa shape index (κ3) is 5.61. The molecule has 0 fully saturated rings. The molecule has 1 aromatic carbocycles. The number of hydrogen-bond donors (Lipinski definition) is 2. The maximum atomic E-state index is 10.4. The SMILES string of the molecule is Cc1ccc(C(O)C(C)NCCCOC(C)C)cc1C. The fourth-order valence-electron chi connectivity index (χ4n) is 2.07. The van der Waals surface area contributed by atoms with Crippen molar-refractivity contribution >= 4 is 0 Å². The van der Waals surface area contributed by atoms with Gasteiger partial charge in [0.2, 0.25) is 0 Å². The van der Waals surface area contributed by atoms with Gasteiger partial charge in [0.1, 0.15) is 0 Å². The van der Waals surface area contributed by atoms with Gasteiger partial charge in [0, 0.05) is 12.6 Å². The molecule has 2 N–H and O–H groups in total. The van der Waals surface area contributed by atoms with E-state index in [-0.39, 0.29) is 12.1 Å². The Kier molecular flexibility index (Phi) is 7.20. The van der Waals surface area contributed by atoms with Crippen LogP contribution >= 0.6 is 0 Å². The summed E-state index contributed by atoms with van der Waals surface area (Å²) in [5, 5.41) is 13.7. The molecule has 0 aliphatic carbocycles. The van der Waals surface area contributed by atoms with Crippen LogP contribution < -0.4 is 5.32 Å². The van der Waals surface area contributed by atoms with Gasteiger partial charge in [0.15, 0.2) is 0 Å². The van der Waals surface area contributed by atoms with Crippen LogP contribution in [0.4, 0.5) is 0 Å². The summed E-state index contributed by atoms with van der Waals surface area (Å²) in [7, 11) is 0. The van der Waals surface area contributed by atoms with Crippen molar-refractivity contribution in [3.63, 3.8) is 0 Å². The Morgan fingerprint density at radius 1 is 1.15 bits per heavy atom. The first kappa shape index (κ1) is 17.2. The van der Waals surface area contributed by atoms with Crippen molar-refractivity contribution < 1.29 is 9.84 Å². The predicted molar refractivity (Wildman–Crippen MR) is 84.0 cm³/mol. The van der Waals surface area contributed by atoms with Gasteiger partial charge in [-0.3, -0.25) is 0 Å². The average molecular weight is 279 g/mol. The number of benzene rings is 1.